The summed E-state index contributed by atoms with van der Waals surface area (Å²) in [6.07, 6.45) is -0.125. The first kappa shape index (κ1) is 35.3. The number of hydrogen-bond acceptors (Lipinski definition) is 6. The summed E-state index contributed by atoms with van der Waals surface area (Å²) in [7, 11) is 0. The van der Waals surface area contributed by atoms with E-state index in [1.165, 1.54) is 0 Å². The van der Waals surface area contributed by atoms with E-state index in [-0.39, 0.29) is 37.8 Å². The van der Waals surface area contributed by atoms with Gasteiger partial charge in [0.25, 0.3) is 0 Å². The van der Waals surface area contributed by atoms with Crippen LogP contribution in [-0.2, 0) is 24.0 Å². The van der Waals surface area contributed by atoms with Crippen LogP contribution in [0.25, 0.3) is 0 Å². The number of benzene rings is 2. The maximum Gasteiger partial charge on any atom is 0.313 e. The molecular weight excluding hydrogens is 682 g/mol. The highest BCUT2D eigenvalue weighted by atomic mass is 79.9. The van der Waals surface area contributed by atoms with Crippen molar-refractivity contribution < 1.29 is 55.1 Å². The van der Waals surface area contributed by atoms with Crippen molar-refractivity contribution in [1.82, 2.24) is 16.0 Å². The third-order valence-electron chi connectivity index (χ3n) is 6.60. The van der Waals surface area contributed by atoms with E-state index in [9.17, 15) is 50.3 Å². The van der Waals surface area contributed by atoms with E-state index >= 15 is 0 Å². The minimum Gasteiger partial charge on any atom is -0.479 e. The van der Waals surface area contributed by atoms with Crippen LogP contribution >= 0.6 is 15.9 Å². The number of anilines is 1. The van der Waals surface area contributed by atoms with Crippen molar-refractivity contribution in [3.63, 3.8) is 0 Å². The Balaban J connectivity index is 1.77. The normalized spacial score (nSPS) is 15.7. The number of hydrogen-bond donors (Lipinski definition) is 4. The van der Waals surface area contributed by atoms with Crippen LogP contribution in [0.4, 0.5) is 32.0 Å². The zero-order valence-corrected chi connectivity index (χ0v) is 25.3. The number of ketones is 1. The molecule has 1 aliphatic rings. The summed E-state index contributed by atoms with van der Waals surface area (Å²) in [4.78, 5) is 63.6. The fourth-order valence-corrected chi connectivity index (χ4v) is 4.59. The highest BCUT2D eigenvalue weighted by molar-refractivity contribution is 9.10. The van der Waals surface area contributed by atoms with Crippen LogP contribution in [0.3, 0.4) is 0 Å². The molecule has 0 unspecified atom stereocenters. The van der Waals surface area contributed by atoms with Crippen molar-refractivity contribution in [2.24, 2.45) is 11.8 Å². The topological polar surface area (TPSA) is 143 Å². The van der Waals surface area contributed by atoms with Gasteiger partial charge in [-0.15, -0.1) is 0 Å². The SMILES string of the molecule is CC(C)C[C@H](NC(=O)C(=O)Nc1cc(F)c(Br)c(F)c1)C(=O)N[C@@H](C[C@@H]1CCNC1=O)C(=O)COc1c(F)c(F)cc(F)c1F. The number of nitrogens with one attached hydrogen (secondary N) is 4. The molecule has 4 amide bonds. The van der Waals surface area contributed by atoms with Gasteiger partial charge in [0.15, 0.2) is 23.2 Å². The largest absolute Gasteiger partial charge is 0.479 e. The molecule has 2 aromatic carbocycles. The Morgan fingerprint density at radius 1 is 0.911 bits per heavy atom. The summed E-state index contributed by atoms with van der Waals surface area (Å²) >= 11 is 2.67. The number of carbonyl (C=O) groups is 5. The van der Waals surface area contributed by atoms with Crippen molar-refractivity contribution in [3.05, 3.63) is 57.6 Å². The molecule has 2 aromatic rings. The maximum atomic E-state index is 14.0. The van der Waals surface area contributed by atoms with Gasteiger partial charge in [-0.1, -0.05) is 13.8 Å². The zero-order chi connectivity index (χ0) is 33.6. The zero-order valence-electron chi connectivity index (χ0n) is 23.7. The van der Waals surface area contributed by atoms with Gasteiger partial charge < -0.3 is 26.0 Å². The molecule has 45 heavy (non-hydrogen) atoms. The Morgan fingerprint density at radius 3 is 2.04 bits per heavy atom. The van der Waals surface area contributed by atoms with Gasteiger partial charge in [-0.25, -0.2) is 17.6 Å². The fourth-order valence-electron chi connectivity index (χ4n) is 4.36. The summed E-state index contributed by atoms with van der Waals surface area (Å²) in [6.45, 7) is 2.42. The van der Waals surface area contributed by atoms with Gasteiger partial charge in [-0.05, 0) is 53.2 Å². The second kappa shape index (κ2) is 15.2. The fraction of sp³-hybridized carbons (Fsp3) is 0.393. The Bertz CT molecular complexity index is 1460. The van der Waals surface area contributed by atoms with Crippen LogP contribution in [0, 0.1) is 46.7 Å². The van der Waals surface area contributed by atoms with Gasteiger partial charge >= 0.3 is 11.8 Å². The van der Waals surface area contributed by atoms with Crippen LogP contribution in [0.15, 0.2) is 22.7 Å². The molecule has 0 radical (unpaired) electrons. The highest BCUT2D eigenvalue weighted by Gasteiger charge is 2.34. The average molecular weight is 709 g/mol. The molecule has 10 nitrogen and oxygen atoms in total. The third-order valence-corrected chi connectivity index (χ3v) is 7.35. The molecular formula is C28H27BrF6N4O6. The second-order valence-corrected chi connectivity index (χ2v) is 11.3. The number of rotatable bonds is 12. The molecule has 1 saturated heterocycles. The van der Waals surface area contributed by atoms with E-state index in [1.807, 2.05) is 5.32 Å². The van der Waals surface area contributed by atoms with Crippen molar-refractivity contribution in [3.8, 4) is 5.75 Å². The molecule has 0 saturated carbocycles. The van der Waals surface area contributed by atoms with Crippen LogP contribution in [0.2, 0.25) is 0 Å². The highest BCUT2D eigenvalue weighted by Crippen LogP contribution is 2.27. The monoisotopic (exact) mass is 708 g/mol. The van der Waals surface area contributed by atoms with Gasteiger partial charge in [-0.2, -0.15) is 8.78 Å². The minimum absolute atomic E-state index is 0.0556. The predicted molar refractivity (Wildman–Crippen MR) is 149 cm³/mol. The lowest BCUT2D eigenvalue weighted by Gasteiger charge is -2.25. The lowest BCUT2D eigenvalue weighted by molar-refractivity contribution is -0.138. The molecule has 17 heteroatoms. The minimum atomic E-state index is -1.90. The molecule has 1 heterocycles. The lowest BCUT2D eigenvalue weighted by atomic mass is 9.95. The number of carbonyl (C=O) groups excluding carboxylic acids is 5. The Kier molecular flexibility index (Phi) is 12.0. The molecule has 1 fully saturated rings. The summed E-state index contributed by atoms with van der Waals surface area (Å²) in [5.74, 6) is -17.3. The Hall–Kier alpha value is -4.15. The quantitative estimate of drug-likeness (QED) is 0.115. The number of ether oxygens (including phenoxy) is 1. The van der Waals surface area contributed by atoms with E-state index in [0.29, 0.717) is 0 Å². The first-order chi connectivity index (χ1) is 21.1. The first-order valence-electron chi connectivity index (χ1n) is 13.4. The maximum absolute atomic E-state index is 14.0. The number of Topliss-reactive ketones (excluding diaryl/α,β-unsaturated/α-hetero) is 1. The average Bonchev–Trinajstić information content (AvgIpc) is 3.37. The number of amides is 4. The van der Waals surface area contributed by atoms with E-state index in [0.717, 1.165) is 12.1 Å². The molecule has 4 N–H and O–H groups in total. The third kappa shape index (κ3) is 9.18. The molecule has 3 atom stereocenters. The molecule has 0 aromatic heterocycles. The molecule has 244 valence electrons. The number of halogens is 7. The van der Waals surface area contributed by atoms with Crippen LogP contribution in [0.5, 0.6) is 5.75 Å². The smallest absolute Gasteiger partial charge is 0.313 e. The van der Waals surface area contributed by atoms with E-state index in [4.69, 9.17) is 4.74 Å². The summed E-state index contributed by atoms with van der Waals surface area (Å²) in [5, 5.41) is 9.05. The lowest BCUT2D eigenvalue weighted by Crippen LogP contribution is -2.54. The van der Waals surface area contributed by atoms with Crippen molar-refractivity contribution >= 4 is 51.0 Å². The van der Waals surface area contributed by atoms with Crippen molar-refractivity contribution in [1.29, 1.82) is 0 Å². The standard InChI is InChI=1S/C28H27BrF6N4O6/c1-11(2)5-19(39-28(44)27(43)37-13-7-14(30)21(29)15(31)8-13)26(42)38-18(6-12-3-4-36-25(12)41)20(40)10-45-24-22(34)16(32)9-17(33)23(24)35/h7-9,11-12,18-19H,3-6,10H2,1-2H3,(H,36,41)(H,37,43)(H,38,42)(H,39,44)/t12-,18-,19-/m0/s1. The summed E-state index contributed by atoms with van der Waals surface area (Å²) in [6, 6.07) is -1.58. The molecule has 1 aliphatic heterocycles. The van der Waals surface area contributed by atoms with E-state index < -0.39 is 105 Å². The molecule has 3 rings (SSSR count). The van der Waals surface area contributed by atoms with Crippen LogP contribution < -0.4 is 26.0 Å². The summed E-state index contributed by atoms with van der Waals surface area (Å²) < 4.78 is 87.1. The van der Waals surface area contributed by atoms with Gasteiger partial charge in [-0.3, -0.25) is 24.0 Å². The molecule has 0 spiro atoms. The van der Waals surface area contributed by atoms with Crippen LogP contribution in [-0.4, -0.2) is 54.6 Å². The van der Waals surface area contributed by atoms with E-state index in [1.54, 1.807) is 13.8 Å². The van der Waals surface area contributed by atoms with Crippen molar-refractivity contribution in [2.75, 3.05) is 18.5 Å². The Morgan fingerprint density at radius 2 is 1.51 bits per heavy atom. The van der Waals surface area contributed by atoms with E-state index in [2.05, 4.69) is 31.9 Å². The van der Waals surface area contributed by atoms with Gasteiger partial charge in [0, 0.05) is 24.2 Å². The first-order valence-corrected chi connectivity index (χ1v) is 14.2. The molecule has 0 aliphatic carbocycles. The Labute approximate surface area is 260 Å². The summed E-state index contributed by atoms with van der Waals surface area (Å²) in [5.41, 5.74) is -0.398. The molecule has 0 bridgehead atoms. The van der Waals surface area contributed by atoms with Gasteiger partial charge in [0.05, 0.1) is 10.5 Å². The van der Waals surface area contributed by atoms with Gasteiger partial charge in [0.2, 0.25) is 23.4 Å². The van der Waals surface area contributed by atoms with Crippen LogP contribution in [0.1, 0.15) is 33.1 Å². The predicted octanol–water partition coefficient (Wildman–Crippen LogP) is 3.41. The second-order valence-electron chi connectivity index (χ2n) is 10.5. The van der Waals surface area contributed by atoms with Gasteiger partial charge in [0.1, 0.15) is 24.3 Å². The van der Waals surface area contributed by atoms with Crippen molar-refractivity contribution in [2.45, 2.75) is 45.2 Å².